The fourth-order valence-electron chi connectivity index (χ4n) is 2.25. The molecule has 0 bridgehead atoms. The summed E-state index contributed by atoms with van der Waals surface area (Å²) < 4.78 is 0. The Morgan fingerprint density at radius 1 is 1.30 bits per heavy atom. The number of aromatic nitrogens is 1. The highest BCUT2D eigenvalue weighted by Crippen LogP contribution is 2.31. The van der Waals surface area contributed by atoms with Crippen molar-refractivity contribution in [3.8, 4) is 9.88 Å². The first-order chi connectivity index (χ1) is 11.0. The topological polar surface area (TPSA) is 33.2 Å². The first-order valence-electron chi connectivity index (χ1n) is 7.06. The van der Waals surface area contributed by atoms with Crippen LogP contribution in [-0.4, -0.2) is 22.8 Å². The largest absolute Gasteiger partial charge is 0.337 e. The van der Waals surface area contributed by atoms with Crippen LogP contribution in [0.2, 0.25) is 5.02 Å². The second-order valence-corrected chi connectivity index (χ2v) is 7.59. The number of amides is 1. The van der Waals surface area contributed by atoms with Gasteiger partial charge in [0.05, 0.1) is 10.6 Å². The van der Waals surface area contributed by atoms with Gasteiger partial charge in [-0.3, -0.25) is 4.79 Å². The van der Waals surface area contributed by atoms with Gasteiger partial charge in [0.25, 0.3) is 5.91 Å². The van der Waals surface area contributed by atoms with E-state index in [0.29, 0.717) is 16.4 Å². The maximum Gasteiger partial charge on any atom is 0.265 e. The Bertz CT molecular complexity index is 827. The lowest BCUT2D eigenvalue weighted by atomic mass is 10.2. The number of benzene rings is 1. The minimum atomic E-state index is -0.0113. The van der Waals surface area contributed by atoms with Gasteiger partial charge in [-0.25, -0.2) is 4.98 Å². The minimum absolute atomic E-state index is 0.0113. The Balaban J connectivity index is 1.80. The van der Waals surface area contributed by atoms with Crippen LogP contribution in [-0.2, 0) is 6.54 Å². The van der Waals surface area contributed by atoms with Gasteiger partial charge in [0.2, 0.25) is 0 Å². The van der Waals surface area contributed by atoms with Gasteiger partial charge >= 0.3 is 0 Å². The fourth-order valence-corrected chi connectivity index (χ4v) is 4.33. The van der Waals surface area contributed by atoms with E-state index in [1.165, 1.54) is 11.3 Å². The third-order valence-corrected chi connectivity index (χ3v) is 5.80. The van der Waals surface area contributed by atoms with Crippen LogP contribution in [0.1, 0.15) is 20.9 Å². The monoisotopic (exact) mass is 362 g/mol. The van der Waals surface area contributed by atoms with E-state index >= 15 is 0 Å². The number of halogens is 1. The first kappa shape index (κ1) is 16.2. The van der Waals surface area contributed by atoms with E-state index in [2.05, 4.69) is 4.98 Å². The van der Waals surface area contributed by atoms with Crippen molar-refractivity contribution in [1.29, 1.82) is 0 Å². The summed E-state index contributed by atoms with van der Waals surface area (Å²) in [6.07, 6.45) is 0. The standard InChI is InChI=1S/C17H15ClN2OS2/c1-11-15(23-16(19-11)14-7-4-8-22-14)17(21)20(2)10-12-5-3-6-13(18)9-12/h3-9H,10H2,1-2H3. The quantitative estimate of drug-likeness (QED) is 0.646. The Morgan fingerprint density at radius 2 is 2.13 bits per heavy atom. The number of carbonyl (C=O) groups is 1. The zero-order valence-corrected chi connectivity index (χ0v) is 15.1. The van der Waals surface area contributed by atoms with Crippen LogP contribution in [0.5, 0.6) is 0 Å². The van der Waals surface area contributed by atoms with Crippen molar-refractivity contribution in [3.63, 3.8) is 0 Å². The highest BCUT2D eigenvalue weighted by Gasteiger charge is 2.20. The Morgan fingerprint density at radius 3 is 2.83 bits per heavy atom. The van der Waals surface area contributed by atoms with Crippen molar-refractivity contribution >= 4 is 40.2 Å². The Kier molecular flexibility index (Phi) is 4.80. The Labute approximate surface area is 148 Å². The maximum absolute atomic E-state index is 12.7. The average molecular weight is 363 g/mol. The number of hydrogen-bond donors (Lipinski definition) is 0. The van der Waals surface area contributed by atoms with Gasteiger partial charge in [0.15, 0.2) is 0 Å². The van der Waals surface area contributed by atoms with Crippen LogP contribution in [0.25, 0.3) is 9.88 Å². The SMILES string of the molecule is Cc1nc(-c2cccs2)sc1C(=O)N(C)Cc1cccc(Cl)c1. The molecule has 118 valence electrons. The molecule has 3 aromatic rings. The number of nitrogens with zero attached hydrogens (tertiary/aromatic N) is 2. The van der Waals surface area contributed by atoms with Crippen molar-refractivity contribution in [2.45, 2.75) is 13.5 Å². The highest BCUT2D eigenvalue weighted by molar-refractivity contribution is 7.22. The summed E-state index contributed by atoms with van der Waals surface area (Å²) >= 11 is 9.08. The number of hydrogen-bond acceptors (Lipinski definition) is 4. The molecule has 3 rings (SSSR count). The van der Waals surface area contributed by atoms with Crippen LogP contribution >= 0.6 is 34.3 Å². The zero-order chi connectivity index (χ0) is 16.4. The molecule has 2 heterocycles. The van der Waals surface area contributed by atoms with E-state index in [1.807, 2.05) is 48.7 Å². The molecule has 0 saturated carbocycles. The van der Waals surface area contributed by atoms with E-state index < -0.39 is 0 Å². The molecular weight excluding hydrogens is 348 g/mol. The van der Waals surface area contributed by atoms with Gasteiger partial charge in [-0.1, -0.05) is 29.8 Å². The molecule has 0 unspecified atom stereocenters. The summed E-state index contributed by atoms with van der Waals surface area (Å²) in [6.45, 7) is 2.40. The van der Waals surface area contributed by atoms with E-state index in [9.17, 15) is 4.79 Å². The first-order valence-corrected chi connectivity index (χ1v) is 9.13. The van der Waals surface area contributed by atoms with Gasteiger partial charge in [-0.2, -0.15) is 0 Å². The van der Waals surface area contributed by atoms with Crippen molar-refractivity contribution in [2.75, 3.05) is 7.05 Å². The number of thiophene rings is 1. The summed E-state index contributed by atoms with van der Waals surface area (Å²) in [5, 5.41) is 3.59. The molecule has 23 heavy (non-hydrogen) atoms. The van der Waals surface area contributed by atoms with Gasteiger partial charge < -0.3 is 4.90 Å². The molecule has 0 radical (unpaired) electrons. The van der Waals surface area contributed by atoms with E-state index in [0.717, 1.165) is 21.1 Å². The molecule has 3 nitrogen and oxygen atoms in total. The molecule has 0 spiro atoms. The number of rotatable bonds is 4. The Hall–Kier alpha value is -1.69. The zero-order valence-electron chi connectivity index (χ0n) is 12.7. The molecule has 2 aromatic heterocycles. The molecule has 0 atom stereocenters. The van der Waals surface area contributed by atoms with E-state index in [1.54, 1.807) is 23.3 Å². The van der Waals surface area contributed by atoms with E-state index in [-0.39, 0.29) is 5.91 Å². The third kappa shape index (κ3) is 3.63. The molecule has 0 fully saturated rings. The van der Waals surface area contributed by atoms with Crippen LogP contribution in [0.3, 0.4) is 0 Å². The van der Waals surface area contributed by atoms with Gasteiger partial charge in [0, 0.05) is 18.6 Å². The number of aryl methyl sites for hydroxylation is 1. The molecule has 0 aliphatic heterocycles. The van der Waals surface area contributed by atoms with Crippen LogP contribution in [0.4, 0.5) is 0 Å². The van der Waals surface area contributed by atoms with Crippen LogP contribution < -0.4 is 0 Å². The summed E-state index contributed by atoms with van der Waals surface area (Å²) in [7, 11) is 1.80. The maximum atomic E-state index is 12.7. The van der Waals surface area contributed by atoms with Crippen LogP contribution in [0, 0.1) is 6.92 Å². The fraction of sp³-hybridized carbons (Fsp3) is 0.176. The van der Waals surface area contributed by atoms with Crippen LogP contribution in [0.15, 0.2) is 41.8 Å². The summed E-state index contributed by atoms with van der Waals surface area (Å²) in [6, 6.07) is 11.6. The second kappa shape index (κ2) is 6.83. The van der Waals surface area contributed by atoms with Gasteiger partial charge in [0.1, 0.15) is 9.88 Å². The van der Waals surface area contributed by atoms with Crippen molar-refractivity contribution in [3.05, 3.63) is 62.9 Å². The molecule has 6 heteroatoms. The summed E-state index contributed by atoms with van der Waals surface area (Å²) in [4.78, 5) is 20.7. The molecule has 0 saturated heterocycles. The predicted molar refractivity (Wildman–Crippen MR) is 97.4 cm³/mol. The molecule has 0 aliphatic carbocycles. The molecule has 0 aliphatic rings. The van der Waals surface area contributed by atoms with Crippen molar-refractivity contribution < 1.29 is 4.79 Å². The van der Waals surface area contributed by atoms with Gasteiger partial charge in [-0.15, -0.1) is 22.7 Å². The minimum Gasteiger partial charge on any atom is -0.337 e. The summed E-state index contributed by atoms with van der Waals surface area (Å²) in [5.74, 6) is -0.0113. The predicted octanol–water partition coefficient (Wildman–Crippen LogP) is 5.11. The lowest BCUT2D eigenvalue weighted by Crippen LogP contribution is -2.26. The lowest BCUT2D eigenvalue weighted by molar-refractivity contribution is 0.0789. The lowest BCUT2D eigenvalue weighted by Gasteiger charge is -2.16. The average Bonchev–Trinajstić information content (AvgIpc) is 3.15. The van der Waals surface area contributed by atoms with Crippen molar-refractivity contribution in [2.24, 2.45) is 0 Å². The molecular formula is C17H15ClN2OS2. The third-order valence-electron chi connectivity index (χ3n) is 3.38. The second-order valence-electron chi connectivity index (χ2n) is 5.20. The number of thiazole rings is 1. The number of carbonyl (C=O) groups excluding carboxylic acids is 1. The van der Waals surface area contributed by atoms with Crippen molar-refractivity contribution in [1.82, 2.24) is 9.88 Å². The van der Waals surface area contributed by atoms with Gasteiger partial charge in [-0.05, 0) is 36.1 Å². The smallest absolute Gasteiger partial charge is 0.265 e. The normalized spacial score (nSPS) is 10.7. The molecule has 1 amide bonds. The molecule has 0 N–H and O–H groups in total. The highest BCUT2D eigenvalue weighted by atomic mass is 35.5. The summed E-state index contributed by atoms with van der Waals surface area (Å²) in [5.41, 5.74) is 1.79. The van der Waals surface area contributed by atoms with E-state index in [4.69, 9.17) is 11.6 Å². The molecule has 1 aromatic carbocycles.